The Kier molecular flexibility index (Phi) is 3.15. The monoisotopic (exact) mass is 222 g/mol. The van der Waals surface area contributed by atoms with Crippen LogP contribution >= 0.6 is 0 Å². The van der Waals surface area contributed by atoms with Crippen LogP contribution in [-0.4, -0.2) is 17.5 Å². The molecule has 0 radical (unpaired) electrons. The molecule has 0 aromatic heterocycles. The summed E-state index contributed by atoms with van der Waals surface area (Å²) in [5.74, 6) is 0.496. The average molecular weight is 222 g/mol. The zero-order valence-corrected chi connectivity index (χ0v) is 9.91. The van der Waals surface area contributed by atoms with E-state index in [4.69, 9.17) is 5.73 Å². The Labute approximate surface area is 96.2 Å². The second-order valence-corrected chi connectivity index (χ2v) is 5.01. The first kappa shape index (κ1) is 11.4. The van der Waals surface area contributed by atoms with Crippen LogP contribution in [0.15, 0.2) is 18.2 Å². The summed E-state index contributed by atoms with van der Waals surface area (Å²) in [5, 5.41) is 0. The van der Waals surface area contributed by atoms with Gasteiger partial charge in [-0.2, -0.15) is 0 Å². The maximum atomic E-state index is 13.2. The predicted octanol–water partition coefficient (Wildman–Crippen LogP) is 2.64. The maximum Gasteiger partial charge on any atom is 0.125 e. The lowest BCUT2D eigenvalue weighted by Crippen LogP contribution is -2.26. The zero-order valence-electron chi connectivity index (χ0n) is 9.91. The quantitative estimate of drug-likeness (QED) is 0.779. The van der Waals surface area contributed by atoms with E-state index in [9.17, 15) is 4.39 Å². The van der Waals surface area contributed by atoms with Crippen LogP contribution in [0.5, 0.6) is 0 Å². The second kappa shape index (κ2) is 4.42. The molecule has 88 valence electrons. The summed E-state index contributed by atoms with van der Waals surface area (Å²) in [6.45, 7) is 6.38. The van der Waals surface area contributed by atoms with Crippen LogP contribution in [0.3, 0.4) is 0 Å². The van der Waals surface area contributed by atoms with Gasteiger partial charge >= 0.3 is 0 Å². The molecule has 3 heteroatoms. The van der Waals surface area contributed by atoms with E-state index in [0.717, 1.165) is 24.6 Å². The first-order valence-electron chi connectivity index (χ1n) is 5.83. The Morgan fingerprint density at radius 3 is 2.69 bits per heavy atom. The number of halogens is 1. The third-order valence-corrected chi connectivity index (χ3v) is 3.28. The smallest absolute Gasteiger partial charge is 0.125 e. The minimum atomic E-state index is -0.241. The van der Waals surface area contributed by atoms with Gasteiger partial charge in [0.15, 0.2) is 0 Å². The van der Waals surface area contributed by atoms with Gasteiger partial charge in [-0.15, -0.1) is 0 Å². The molecule has 2 nitrogen and oxygen atoms in total. The van der Waals surface area contributed by atoms with Gasteiger partial charge in [0.25, 0.3) is 0 Å². The van der Waals surface area contributed by atoms with Gasteiger partial charge in [0.2, 0.25) is 0 Å². The Hall–Kier alpha value is -1.09. The first-order chi connectivity index (χ1) is 7.54. The molecule has 0 aliphatic carbocycles. The fourth-order valence-corrected chi connectivity index (χ4v) is 2.61. The van der Waals surface area contributed by atoms with Crippen LogP contribution in [0.2, 0.25) is 0 Å². The van der Waals surface area contributed by atoms with Gasteiger partial charge in [0, 0.05) is 24.8 Å². The molecule has 1 heterocycles. The highest BCUT2D eigenvalue weighted by Crippen LogP contribution is 2.24. The maximum absolute atomic E-state index is 13.2. The van der Waals surface area contributed by atoms with E-state index < -0.39 is 0 Å². The van der Waals surface area contributed by atoms with Crippen molar-refractivity contribution in [2.24, 2.45) is 5.92 Å². The van der Waals surface area contributed by atoms with E-state index in [0.29, 0.717) is 11.7 Å². The van der Waals surface area contributed by atoms with Crippen molar-refractivity contribution in [3.8, 4) is 0 Å². The van der Waals surface area contributed by atoms with E-state index in [1.165, 1.54) is 12.5 Å². The number of anilines is 1. The molecule has 1 aliphatic rings. The highest BCUT2D eigenvalue weighted by atomic mass is 19.1. The number of nitrogens with zero attached hydrogens (tertiary/aromatic N) is 1. The number of hydrogen-bond acceptors (Lipinski definition) is 2. The molecular weight excluding hydrogens is 203 g/mol. The first-order valence-corrected chi connectivity index (χ1v) is 5.83. The van der Waals surface area contributed by atoms with Crippen molar-refractivity contribution < 1.29 is 4.39 Å². The van der Waals surface area contributed by atoms with Gasteiger partial charge in [-0.25, -0.2) is 4.39 Å². The molecule has 1 saturated heterocycles. The van der Waals surface area contributed by atoms with E-state index in [2.05, 4.69) is 18.7 Å². The Morgan fingerprint density at radius 2 is 2.12 bits per heavy atom. The standard InChI is InChI=1S/C13H19FN2/c1-9-3-10(2)16(7-9)8-11-4-12(14)6-13(15)5-11/h4-6,9-10H,3,7-8,15H2,1-2H3. The third kappa shape index (κ3) is 2.53. The molecule has 1 aromatic carbocycles. The lowest BCUT2D eigenvalue weighted by atomic mass is 10.1. The fourth-order valence-electron chi connectivity index (χ4n) is 2.61. The van der Waals surface area contributed by atoms with Crippen molar-refractivity contribution in [3.63, 3.8) is 0 Å². The molecule has 16 heavy (non-hydrogen) atoms. The molecule has 1 aromatic rings. The van der Waals surface area contributed by atoms with Gasteiger partial charge < -0.3 is 5.73 Å². The van der Waals surface area contributed by atoms with Crippen LogP contribution in [-0.2, 0) is 6.54 Å². The fraction of sp³-hybridized carbons (Fsp3) is 0.538. The highest BCUT2D eigenvalue weighted by Gasteiger charge is 2.25. The van der Waals surface area contributed by atoms with Crippen LogP contribution < -0.4 is 5.73 Å². The predicted molar refractivity (Wildman–Crippen MR) is 64.5 cm³/mol. The minimum Gasteiger partial charge on any atom is -0.399 e. The molecule has 0 amide bonds. The molecule has 0 saturated carbocycles. The summed E-state index contributed by atoms with van der Waals surface area (Å²) in [6.07, 6.45) is 1.23. The van der Waals surface area contributed by atoms with Crippen molar-refractivity contribution in [1.82, 2.24) is 4.90 Å². The zero-order chi connectivity index (χ0) is 11.7. The summed E-state index contributed by atoms with van der Waals surface area (Å²) in [5.41, 5.74) is 7.12. The number of benzene rings is 1. The number of nitrogen functional groups attached to an aromatic ring is 1. The van der Waals surface area contributed by atoms with Crippen LogP contribution in [0, 0.1) is 11.7 Å². The molecule has 2 unspecified atom stereocenters. The SMILES string of the molecule is CC1CC(C)N(Cc2cc(N)cc(F)c2)C1. The van der Waals surface area contributed by atoms with E-state index >= 15 is 0 Å². The van der Waals surface area contributed by atoms with Crippen molar-refractivity contribution in [2.75, 3.05) is 12.3 Å². The molecule has 2 N–H and O–H groups in total. The number of rotatable bonds is 2. The van der Waals surface area contributed by atoms with Crippen molar-refractivity contribution >= 4 is 5.69 Å². The Balaban J connectivity index is 2.09. The van der Waals surface area contributed by atoms with Gasteiger partial charge in [0.1, 0.15) is 5.82 Å². The third-order valence-electron chi connectivity index (χ3n) is 3.28. The molecule has 1 fully saturated rings. The minimum absolute atomic E-state index is 0.241. The van der Waals surface area contributed by atoms with Crippen molar-refractivity contribution in [3.05, 3.63) is 29.6 Å². The molecule has 2 atom stereocenters. The molecule has 0 bridgehead atoms. The Bertz CT molecular complexity index is 358. The summed E-state index contributed by atoms with van der Waals surface area (Å²) in [7, 11) is 0. The van der Waals surface area contributed by atoms with Gasteiger partial charge in [-0.1, -0.05) is 6.92 Å². The van der Waals surface area contributed by atoms with Gasteiger partial charge in [-0.3, -0.25) is 4.90 Å². The van der Waals surface area contributed by atoms with Gasteiger partial charge in [-0.05, 0) is 43.0 Å². The molecule has 1 aliphatic heterocycles. The summed E-state index contributed by atoms with van der Waals surface area (Å²) in [6, 6.07) is 5.38. The van der Waals surface area contributed by atoms with Crippen molar-refractivity contribution in [2.45, 2.75) is 32.9 Å². The average Bonchev–Trinajstić information content (AvgIpc) is 2.43. The molecule has 0 spiro atoms. The van der Waals surface area contributed by atoms with Crippen molar-refractivity contribution in [1.29, 1.82) is 0 Å². The number of likely N-dealkylation sites (tertiary alicyclic amines) is 1. The van der Waals surface area contributed by atoms with Gasteiger partial charge in [0.05, 0.1) is 0 Å². The van der Waals surface area contributed by atoms with E-state index in [-0.39, 0.29) is 5.82 Å². The van der Waals surface area contributed by atoms with Crippen LogP contribution in [0.25, 0.3) is 0 Å². The van der Waals surface area contributed by atoms with Crippen LogP contribution in [0.1, 0.15) is 25.8 Å². The normalized spacial score (nSPS) is 26.2. The van der Waals surface area contributed by atoms with Crippen LogP contribution in [0.4, 0.5) is 10.1 Å². The van der Waals surface area contributed by atoms with E-state index in [1.807, 2.05) is 6.07 Å². The summed E-state index contributed by atoms with van der Waals surface area (Å²) in [4.78, 5) is 2.39. The number of nitrogens with two attached hydrogens (primary N) is 1. The second-order valence-electron chi connectivity index (χ2n) is 5.01. The lowest BCUT2D eigenvalue weighted by molar-refractivity contribution is 0.256. The molecular formula is C13H19FN2. The lowest BCUT2D eigenvalue weighted by Gasteiger charge is -2.21. The summed E-state index contributed by atoms with van der Waals surface area (Å²) >= 11 is 0. The largest absolute Gasteiger partial charge is 0.399 e. The summed E-state index contributed by atoms with van der Waals surface area (Å²) < 4.78 is 13.2. The topological polar surface area (TPSA) is 29.3 Å². The molecule has 2 rings (SSSR count). The number of hydrogen-bond donors (Lipinski definition) is 1. The van der Waals surface area contributed by atoms with E-state index in [1.54, 1.807) is 6.07 Å². The highest BCUT2D eigenvalue weighted by molar-refractivity contribution is 5.41. The Morgan fingerprint density at radius 1 is 1.38 bits per heavy atom.